The van der Waals surface area contributed by atoms with Gasteiger partial charge in [0.05, 0.1) is 24.8 Å². The molecule has 3 saturated heterocycles. The maximum Gasteiger partial charge on any atom is 0.278 e. The molecule has 1 aliphatic carbocycles. The van der Waals surface area contributed by atoms with Crippen molar-refractivity contribution in [3.63, 3.8) is 0 Å². The van der Waals surface area contributed by atoms with Crippen LogP contribution in [-0.4, -0.2) is 70.6 Å². The van der Waals surface area contributed by atoms with Crippen LogP contribution in [0, 0.1) is 5.92 Å². The third-order valence-corrected chi connectivity index (χ3v) is 8.33. The first kappa shape index (κ1) is 20.6. The minimum atomic E-state index is -0.462. The summed E-state index contributed by atoms with van der Waals surface area (Å²) < 4.78 is 13.1. The number of fused-ring (bicyclic) bond motifs is 2. The van der Waals surface area contributed by atoms with Crippen molar-refractivity contribution in [2.24, 2.45) is 5.92 Å². The number of nitrogens with zero attached hydrogens (tertiary/aromatic N) is 5. The Balaban J connectivity index is 1.17. The van der Waals surface area contributed by atoms with Crippen molar-refractivity contribution in [3.05, 3.63) is 21.6 Å². The lowest BCUT2D eigenvalue weighted by Gasteiger charge is -2.40. The molecule has 0 saturated carbocycles. The van der Waals surface area contributed by atoms with Crippen LogP contribution in [0.3, 0.4) is 0 Å². The minimum absolute atomic E-state index is 0.0181. The van der Waals surface area contributed by atoms with Gasteiger partial charge in [-0.05, 0) is 38.5 Å². The summed E-state index contributed by atoms with van der Waals surface area (Å²) in [6.45, 7) is 4.15. The molecule has 0 aromatic carbocycles. The van der Waals surface area contributed by atoms with E-state index < -0.39 is 5.79 Å². The van der Waals surface area contributed by atoms with Crippen LogP contribution in [0.15, 0.2) is 4.79 Å². The lowest BCUT2D eigenvalue weighted by Crippen LogP contribution is -2.51. The summed E-state index contributed by atoms with van der Waals surface area (Å²) in [4.78, 5) is 35.7. The summed E-state index contributed by atoms with van der Waals surface area (Å²) >= 11 is 1.46. The molecule has 6 rings (SSSR count). The molecule has 172 valence electrons. The zero-order chi connectivity index (χ0) is 21.7. The fraction of sp³-hybridized carbons (Fsp3) is 0.727. The van der Waals surface area contributed by atoms with Gasteiger partial charge in [0.25, 0.3) is 5.56 Å². The third-order valence-electron chi connectivity index (χ3n) is 7.36. The van der Waals surface area contributed by atoms with E-state index in [1.165, 1.54) is 15.9 Å². The summed E-state index contributed by atoms with van der Waals surface area (Å²) in [7, 11) is 0. The topological polar surface area (TPSA) is 89.3 Å². The van der Waals surface area contributed by atoms with E-state index in [-0.39, 0.29) is 17.4 Å². The predicted molar refractivity (Wildman–Crippen MR) is 119 cm³/mol. The normalized spacial score (nSPS) is 25.4. The van der Waals surface area contributed by atoms with Crippen LogP contribution in [0.25, 0.3) is 4.96 Å². The highest BCUT2D eigenvalue weighted by Gasteiger charge is 2.42. The maximum absolute atomic E-state index is 13.3. The van der Waals surface area contributed by atoms with Gasteiger partial charge in [0, 0.05) is 44.6 Å². The van der Waals surface area contributed by atoms with Gasteiger partial charge in [0.1, 0.15) is 0 Å². The van der Waals surface area contributed by atoms with Gasteiger partial charge in [-0.1, -0.05) is 11.3 Å². The highest BCUT2D eigenvalue weighted by Crippen LogP contribution is 2.33. The second kappa shape index (κ2) is 8.07. The predicted octanol–water partition coefficient (Wildman–Crippen LogP) is 1.61. The average molecular weight is 460 g/mol. The SMILES string of the molecule is O=C(C1CCCN(c2nn3c(=O)c4c(nc3s2)CCCC4)C1)N1CCC2(CC1)OCCO2. The van der Waals surface area contributed by atoms with Gasteiger partial charge in [-0.15, -0.1) is 5.10 Å². The summed E-state index contributed by atoms with van der Waals surface area (Å²) in [6.07, 6.45) is 7.12. The van der Waals surface area contributed by atoms with Crippen LogP contribution in [-0.2, 0) is 27.1 Å². The van der Waals surface area contributed by atoms with E-state index in [0.29, 0.717) is 37.8 Å². The van der Waals surface area contributed by atoms with Crippen molar-refractivity contribution in [1.82, 2.24) is 19.5 Å². The molecule has 1 amide bonds. The summed E-state index contributed by atoms with van der Waals surface area (Å²) in [5.41, 5.74) is 1.76. The van der Waals surface area contributed by atoms with E-state index in [4.69, 9.17) is 14.5 Å². The zero-order valence-electron chi connectivity index (χ0n) is 18.3. The number of carbonyl (C=O) groups excluding carboxylic acids is 1. The molecular weight excluding hydrogens is 430 g/mol. The third kappa shape index (κ3) is 3.52. The number of hydrogen-bond donors (Lipinski definition) is 0. The molecular formula is C22H29N5O4S. The molecule has 0 N–H and O–H groups in total. The van der Waals surface area contributed by atoms with Crippen molar-refractivity contribution in [3.8, 4) is 0 Å². The second-order valence-electron chi connectivity index (χ2n) is 9.35. The molecule has 2 aromatic rings. The molecule has 2 aromatic heterocycles. The second-order valence-corrected chi connectivity index (χ2v) is 10.3. The van der Waals surface area contributed by atoms with Crippen LogP contribution in [0.5, 0.6) is 0 Å². The lowest BCUT2D eigenvalue weighted by molar-refractivity contribution is -0.188. The number of rotatable bonds is 2. The van der Waals surface area contributed by atoms with Gasteiger partial charge >= 0.3 is 0 Å². The van der Waals surface area contributed by atoms with Crippen molar-refractivity contribution in [2.45, 2.75) is 57.2 Å². The zero-order valence-corrected chi connectivity index (χ0v) is 19.1. The van der Waals surface area contributed by atoms with Crippen molar-refractivity contribution in [1.29, 1.82) is 0 Å². The Hall–Kier alpha value is -2.04. The molecule has 9 nitrogen and oxygen atoms in total. The molecule has 0 radical (unpaired) electrons. The smallest absolute Gasteiger partial charge is 0.278 e. The Bertz CT molecular complexity index is 1080. The fourth-order valence-electron chi connectivity index (χ4n) is 5.55. The van der Waals surface area contributed by atoms with Crippen LogP contribution in [0.1, 0.15) is 49.8 Å². The average Bonchev–Trinajstić information content (AvgIpc) is 3.47. The Labute approximate surface area is 190 Å². The van der Waals surface area contributed by atoms with E-state index in [0.717, 1.165) is 74.3 Å². The molecule has 5 heterocycles. The van der Waals surface area contributed by atoms with E-state index >= 15 is 0 Å². The van der Waals surface area contributed by atoms with Gasteiger partial charge in [-0.3, -0.25) is 9.59 Å². The van der Waals surface area contributed by atoms with Gasteiger partial charge in [-0.25, -0.2) is 4.98 Å². The number of hydrogen-bond acceptors (Lipinski definition) is 8. The lowest BCUT2D eigenvalue weighted by atomic mass is 9.95. The first-order valence-corrected chi connectivity index (χ1v) is 12.7. The highest BCUT2D eigenvalue weighted by molar-refractivity contribution is 7.20. The Morgan fingerprint density at radius 1 is 1.06 bits per heavy atom. The number of aryl methyl sites for hydroxylation is 1. The number of likely N-dealkylation sites (tertiary alicyclic amines) is 1. The summed E-state index contributed by atoms with van der Waals surface area (Å²) in [6, 6.07) is 0. The number of ether oxygens (including phenoxy) is 2. The number of piperidine rings is 2. The molecule has 3 aliphatic heterocycles. The highest BCUT2D eigenvalue weighted by atomic mass is 32.1. The number of aromatic nitrogens is 3. The van der Waals surface area contributed by atoms with Crippen molar-refractivity contribution < 1.29 is 14.3 Å². The quantitative estimate of drug-likeness (QED) is 0.674. The molecule has 1 spiro atoms. The maximum atomic E-state index is 13.3. The summed E-state index contributed by atoms with van der Waals surface area (Å²) in [5.74, 6) is -0.293. The van der Waals surface area contributed by atoms with Crippen LogP contribution in [0.2, 0.25) is 0 Å². The molecule has 1 unspecified atom stereocenters. The standard InChI is InChI=1S/C22H29N5O4S/c28-18(25-10-7-22(8-11-25)30-12-13-31-22)15-4-3-9-26(14-15)21-24-27-19(29)16-5-1-2-6-17(16)23-20(27)32-21/h15H,1-14H2. The molecule has 3 fully saturated rings. The molecule has 4 aliphatic rings. The first-order valence-electron chi connectivity index (χ1n) is 11.9. The molecule has 32 heavy (non-hydrogen) atoms. The number of anilines is 1. The van der Waals surface area contributed by atoms with E-state index in [9.17, 15) is 9.59 Å². The van der Waals surface area contributed by atoms with Gasteiger partial charge in [0.15, 0.2) is 5.79 Å². The molecule has 1 atom stereocenters. The van der Waals surface area contributed by atoms with E-state index in [1.54, 1.807) is 0 Å². The first-order chi connectivity index (χ1) is 15.6. The van der Waals surface area contributed by atoms with Crippen LogP contribution < -0.4 is 10.5 Å². The van der Waals surface area contributed by atoms with Gasteiger partial charge in [-0.2, -0.15) is 4.52 Å². The molecule has 10 heteroatoms. The number of carbonyl (C=O) groups is 1. The van der Waals surface area contributed by atoms with Crippen molar-refractivity contribution >= 4 is 27.3 Å². The Morgan fingerprint density at radius 3 is 2.66 bits per heavy atom. The Kier molecular flexibility index (Phi) is 5.19. The monoisotopic (exact) mass is 459 g/mol. The fourth-order valence-corrected chi connectivity index (χ4v) is 6.50. The van der Waals surface area contributed by atoms with E-state index in [1.807, 2.05) is 4.90 Å². The number of amides is 1. The summed E-state index contributed by atoms with van der Waals surface area (Å²) in [5, 5.41) is 5.42. The van der Waals surface area contributed by atoms with Crippen LogP contribution >= 0.6 is 11.3 Å². The van der Waals surface area contributed by atoms with Gasteiger partial charge < -0.3 is 19.3 Å². The Morgan fingerprint density at radius 2 is 1.84 bits per heavy atom. The largest absolute Gasteiger partial charge is 0.347 e. The van der Waals surface area contributed by atoms with Gasteiger partial charge in [0.2, 0.25) is 16.0 Å². The van der Waals surface area contributed by atoms with Crippen LogP contribution in [0.4, 0.5) is 5.13 Å². The molecule has 0 bridgehead atoms. The van der Waals surface area contributed by atoms with E-state index in [2.05, 4.69) is 10.00 Å². The van der Waals surface area contributed by atoms with Crippen molar-refractivity contribution in [2.75, 3.05) is 44.3 Å². The minimum Gasteiger partial charge on any atom is -0.347 e.